The van der Waals surface area contributed by atoms with E-state index in [-0.39, 0.29) is 0 Å². The third kappa shape index (κ3) is 8.63. The van der Waals surface area contributed by atoms with E-state index in [0.29, 0.717) is 88.0 Å². The number of amides is 1. The molecule has 14 nitrogen and oxygen atoms in total. The monoisotopic (exact) mass is 558 g/mol. The molecule has 0 fully saturated rings. The smallest absolute Gasteiger partial charge is 0.407 e. The van der Waals surface area contributed by atoms with Crippen molar-refractivity contribution < 1.29 is 28.2 Å². The largest absolute Gasteiger partial charge is 0.461 e. The van der Waals surface area contributed by atoms with E-state index in [1.54, 1.807) is 21.5 Å². The van der Waals surface area contributed by atoms with E-state index < -0.39 is 11.7 Å². The molecule has 0 aromatic carbocycles. The number of hydrogen-bond acceptors (Lipinski definition) is 11. The number of carbonyl (C=O) groups excluding carboxylic acids is 1. The van der Waals surface area contributed by atoms with Crippen LogP contribution in [-0.4, -0.2) is 93.8 Å². The molecule has 0 bridgehead atoms. The molecule has 0 spiro atoms. The first-order valence-electron chi connectivity index (χ1n) is 13.4. The van der Waals surface area contributed by atoms with Crippen LogP contribution in [0.4, 0.5) is 10.7 Å². The Balaban J connectivity index is 1.07. The van der Waals surface area contributed by atoms with Crippen molar-refractivity contribution in [1.82, 2.24) is 34.7 Å². The van der Waals surface area contributed by atoms with Gasteiger partial charge < -0.3 is 34.0 Å². The molecule has 0 unspecified atom stereocenters. The molecule has 0 aliphatic heterocycles. The van der Waals surface area contributed by atoms with Gasteiger partial charge in [-0.1, -0.05) is 0 Å². The number of furan rings is 1. The fraction of sp³-hybridized carbons (Fsp3) is 0.577. The zero-order chi connectivity index (χ0) is 28.4. The molecule has 1 amide bonds. The van der Waals surface area contributed by atoms with Gasteiger partial charge in [-0.2, -0.15) is 14.6 Å². The Labute approximate surface area is 232 Å². The van der Waals surface area contributed by atoms with Gasteiger partial charge in [0.1, 0.15) is 5.60 Å². The van der Waals surface area contributed by atoms with Crippen LogP contribution in [0.1, 0.15) is 33.6 Å². The summed E-state index contributed by atoms with van der Waals surface area (Å²) >= 11 is 0. The quantitative estimate of drug-likeness (QED) is 0.195. The van der Waals surface area contributed by atoms with E-state index >= 15 is 0 Å². The minimum Gasteiger partial charge on any atom is -0.461 e. The lowest BCUT2D eigenvalue weighted by Gasteiger charge is -2.19. The highest BCUT2D eigenvalue weighted by Gasteiger charge is 2.18. The fourth-order valence-electron chi connectivity index (χ4n) is 3.72. The molecule has 2 N–H and O–H groups in total. The van der Waals surface area contributed by atoms with Crippen molar-refractivity contribution in [2.75, 3.05) is 58.0 Å². The molecular formula is C26H38N8O6. The van der Waals surface area contributed by atoms with Gasteiger partial charge in [-0.25, -0.2) is 9.78 Å². The maximum Gasteiger partial charge on any atom is 0.407 e. The Morgan fingerprint density at radius 2 is 1.68 bits per heavy atom. The molecule has 0 atom stereocenters. The van der Waals surface area contributed by atoms with Gasteiger partial charge in [0.05, 0.1) is 38.1 Å². The summed E-state index contributed by atoms with van der Waals surface area (Å²) in [7, 11) is 1.85. The van der Waals surface area contributed by atoms with Crippen molar-refractivity contribution in [2.45, 2.75) is 39.2 Å². The number of anilines is 1. The lowest BCUT2D eigenvalue weighted by molar-refractivity contribution is 0.0139. The van der Waals surface area contributed by atoms with Crippen molar-refractivity contribution in [2.24, 2.45) is 7.05 Å². The van der Waals surface area contributed by atoms with Crippen molar-refractivity contribution >= 4 is 28.7 Å². The zero-order valence-corrected chi connectivity index (χ0v) is 23.5. The van der Waals surface area contributed by atoms with Gasteiger partial charge in [0.25, 0.3) is 0 Å². The lowest BCUT2D eigenvalue weighted by Crippen LogP contribution is -2.33. The molecule has 4 heterocycles. The van der Waals surface area contributed by atoms with Crippen LogP contribution in [0, 0.1) is 0 Å². The summed E-state index contributed by atoms with van der Waals surface area (Å²) in [5.41, 5.74) is 0.747. The molecule has 0 saturated carbocycles. The number of rotatable bonds is 16. The first kappa shape index (κ1) is 29.2. The number of nitrogens with one attached hydrogen (secondary N) is 2. The van der Waals surface area contributed by atoms with E-state index in [4.69, 9.17) is 23.4 Å². The second-order valence-electron chi connectivity index (χ2n) is 10.0. The van der Waals surface area contributed by atoms with E-state index in [1.807, 2.05) is 40.1 Å². The fourth-order valence-corrected chi connectivity index (χ4v) is 3.72. The minimum absolute atomic E-state index is 0.415. The van der Waals surface area contributed by atoms with Crippen molar-refractivity contribution in [3.63, 3.8) is 0 Å². The summed E-state index contributed by atoms with van der Waals surface area (Å²) in [4.78, 5) is 20.8. The summed E-state index contributed by atoms with van der Waals surface area (Å²) in [5.74, 6) is 1.62. The number of fused-ring (bicyclic) bond motifs is 3. The second kappa shape index (κ2) is 14.1. The number of ether oxygens (including phenoxy) is 4. The second-order valence-corrected chi connectivity index (χ2v) is 10.0. The molecule has 14 heteroatoms. The van der Waals surface area contributed by atoms with Crippen LogP contribution in [0.5, 0.6) is 0 Å². The molecule has 4 aromatic rings. The van der Waals surface area contributed by atoms with Crippen LogP contribution >= 0.6 is 0 Å². The van der Waals surface area contributed by atoms with Crippen LogP contribution in [-0.2, 0) is 26.0 Å². The molecule has 4 rings (SSSR count). The van der Waals surface area contributed by atoms with E-state index in [2.05, 4.69) is 30.8 Å². The van der Waals surface area contributed by atoms with Crippen molar-refractivity contribution in [1.29, 1.82) is 0 Å². The highest BCUT2D eigenvalue weighted by molar-refractivity contribution is 5.90. The average molecular weight is 559 g/mol. The normalized spacial score (nSPS) is 11.9. The van der Waals surface area contributed by atoms with Gasteiger partial charge >= 0.3 is 6.09 Å². The number of alkyl carbamates (subject to hydrolysis) is 1. The molecule has 0 radical (unpaired) electrons. The highest BCUT2D eigenvalue weighted by atomic mass is 16.6. The number of aryl methyl sites for hydroxylation is 1. The van der Waals surface area contributed by atoms with Gasteiger partial charge in [0.15, 0.2) is 17.1 Å². The Morgan fingerprint density at radius 1 is 0.975 bits per heavy atom. The number of hydrogen-bond donors (Lipinski definition) is 2. The first-order chi connectivity index (χ1) is 19.3. The Morgan fingerprint density at radius 3 is 2.35 bits per heavy atom. The molecule has 4 aromatic heterocycles. The molecular weight excluding hydrogens is 520 g/mol. The molecule has 218 valence electrons. The van der Waals surface area contributed by atoms with Gasteiger partial charge in [0.2, 0.25) is 11.8 Å². The number of carbonyl (C=O) groups is 1. The van der Waals surface area contributed by atoms with Crippen LogP contribution in [0.15, 0.2) is 29.0 Å². The maximum absolute atomic E-state index is 11.5. The van der Waals surface area contributed by atoms with Gasteiger partial charge in [0, 0.05) is 39.5 Å². The van der Waals surface area contributed by atoms with Gasteiger partial charge in [-0.3, -0.25) is 4.68 Å². The van der Waals surface area contributed by atoms with Crippen LogP contribution < -0.4 is 10.6 Å². The lowest BCUT2D eigenvalue weighted by atomic mass is 10.2. The SMILES string of the molecule is Cn1cc2c(nc(NCCCOCCOCCOCCCNC(=O)OC(C)(C)C)n3nc(-c4ccco4)nc23)n1. The topological polar surface area (TPSA) is 152 Å². The number of nitrogens with zero attached hydrogens (tertiary/aromatic N) is 6. The summed E-state index contributed by atoms with van der Waals surface area (Å²) in [5, 5.41) is 15.8. The van der Waals surface area contributed by atoms with E-state index in [9.17, 15) is 4.79 Å². The van der Waals surface area contributed by atoms with Gasteiger partial charge in [-0.15, -0.1) is 5.10 Å². The maximum atomic E-state index is 11.5. The van der Waals surface area contributed by atoms with Crippen LogP contribution in [0.3, 0.4) is 0 Å². The Bertz CT molecular complexity index is 1340. The summed E-state index contributed by atoms with van der Waals surface area (Å²) in [6.07, 6.45) is 4.52. The summed E-state index contributed by atoms with van der Waals surface area (Å²) < 4.78 is 30.7. The summed E-state index contributed by atoms with van der Waals surface area (Å²) in [6, 6.07) is 3.62. The van der Waals surface area contributed by atoms with Crippen LogP contribution in [0.25, 0.3) is 28.3 Å². The highest BCUT2D eigenvalue weighted by Crippen LogP contribution is 2.23. The van der Waals surface area contributed by atoms with E-state index in [1.165, 1.54) is 0 Å². The predicted molar refractivity (Wildman–Crippen MR) is 147 cm³/mol. The van der Waals surface area contributed by atoms with Crippen molar-refractivity contribution in [3.8, 4) is 11.6 Å². The van der Waals surface area contributed by atoms with Crippen LogP contribution in [0.2, 0.25) is 0 Å². The van der Waals surface area contributed by atoms with Crippen molar-refractivity contribution in [3.05, 3.63) is 24.6 Å². The molecule has 40 heavy (non-hydrogen) atoms. The van der Waals surface area contributed by atoms with Gasteiger partial charge in [-0.05, 0) is 45.7 Å². The standard InChI is InChI=1S/C26H38N8O6/c1-26(2,3)40-25(35)28-10-7-12-37-15-17-38-16-14-36-11-6-9-27-24-30-21-19(18-33(4)31-21)23-29-22(32-34(23)24)20-8-5-13-39-20/h5,8,13,18H,6-7,9-12,14-17H2,1-4H3,(H,28,35)(H,27,30,31). The zero-order valence-electron chi connectivity index (χ0n) is 23.5. The van der Waals surface area contributed by atoms with E-state index in [0.717, 1.165) is 11.8 Å². The Hall–Kier alpha value is -3.75. The number of aromatic nitrogens is 6. The third-order valence-corrected chi connectivity index (χ3v) is 5.44. The minimum atomic E-state index is -0.496. The summed E-state index contributed by atoms with van der Waals surface area (Å²) in [6.45, 7) is 9.70. The first-order valence-corrected chi connectivity index (χ1v) is 13.4. The molecule has 0 saturated heterocycles. The molecule has 0 aliphatic rings. The molecule has 0 aliphatic carbocycles. The predicted octanol–water partition coefficient (Wildman–Crippen LogP) is 3.04. The average Bonchev–Trinajstić information content (AvgIpc) is 3.64. The Kier molecular flexibility index (Phi) is 10.3. The third-order valence-electron chi connectivity index (χ3n) is 5.44.